The summed E-state index contributed by atoms with van der Waals surface area (Å²) in [5, 5.41) is 3.47. The van der Waals surface area contributed by atoms with Crippen LogP contribution in [0.2, 0.25) is 0 Å². The molecule has 1 aromatic heterocycles. The fourth-order valence-electron chi connectivity index (χ4n) is 3.32. The molecule has 1 saturated heterocycles. The van der Waals surface area contributed by atoms with E-state index < -0.39 is 23.0 Å². The van der Waals surface area contributed by atoms with Gasteiger partial charge in [0.05, 0.1) is 5.56 Å². The second-order valence-corrected chi connectivity index (χ2v) is 8.12. The van der Waals surface area contributed by atoms with E-state index in [1.807, 2.05) is 24.3 Å². The number of aromatic nitrogens is 1. The quantitative estimate of drug-likeness (QED) is 0.602. The summed E-state index contributed by atoms with van der Waals surface area (Å²) in [6, 6.07) is 11.2. The summed E-state index contributed by atoms with van der Waals surface area (Å²) in [7, 11) is 2.11. The van der Waals surface area contributed by atoms with Crippen molar-refractivity contribution in [1.29, 1.82) is 0 Å². The number of hydrogen-bond acceptors (Lipinski definition) is 7. The molecule has 6 nitrogen and oxygen atoms in total. The number of ketones is 1. The van der Waals surface area contributed by atoms with Crippen LogP contribution in [0.15, 0.2) is 42.5 Å². The maximum Gasteiger partial charge on any atom is 0.212 e. The number of rotatable bonds is 5. The zero-order chi connectivity index (χ0) is 21.3. The Hall–Kier alpha value is -3.04. The van der Waals surface area contributed by atoms with Crippen LogP contribution in [0.25, 0.3) is 0 Å². The van der Waals surface area contributed by atoms with Crippen molar-refractivity contribution in [2.75, 3.05) is 49.2 Å². The molecule has 4 rings (SSSR count). The maximum atomic E-state index is 13.9. The Kier molecular flexibility index (Phi) is 5.65. The first-order valence-corrected chi connectivity index (χ1v) is 10.3. The van der Waals surface area contributed by atoms with Crippen molar-refractivity contribution in [3.05, 3.63) is 64.5 Å². The van der Waals surface area contributed by atoms with Gasteiger partial charge in [-0.1, -0.05) is 17.4 Å². The third kappa shape index (κ3) is 4.12. The summed E-state index contributed by atoms with van der Waals surface area (Å²) >= 11 is 0.961. The molecule has 1 aliphatic rings. The predicted molar refractivity (Wildman–Crippen MR) is 116 cm³/mol. The molecule has 0 radical (unpaired) electrons. The molecule has 0 unspecified atom stereocenters. The van der Waals surface area contributed by atoms with Crippen molar-refractivity contribution >= 4 is 39.4 Å². The third-order valence-corrected chi connectivity index (χ3v) is 6.02. The smallest absolute Gasteiger partial charge is 0.212 e. The highest BCUT2D eigenvalue weighted by atomic mass is 32.1. The summed E-state index contributed by atoms with van der Waals surface area (Å²) in [5.74, 6) is -2.74. The fraction of sp³-hybridized carbons (Fsp3) is 0.238. The van der Waals surface area contributed by atoms with Crippen molar-refractivity contribution in [2.45, 2.75) is 0 Å². The highest BCUT2D eigenvalue weighted by Crippen LogP contribution is 2.31. The van der Waals surface area contributed by atoms with Crippen LogP contribution in [0.4, 0.5) is 31.1 Å². The van der Waals surface area contributed by atoms with E-state index >= 15 is 0 Å². The van der Waals surface area contributed by atoms with Crippen LogP contribution in [-0.4, -0.2) is 48.9 Å². The number of likely N-dealkylation sites (N-methyl/N-ethyl adjacent to an activating group) is 1. The van der Waals surface area contributed by atoms with Crippen LogP contribution in [0, 0.1) is 11.6 Å². The molecule has 9 heteroatoms. The number of hydrogen-bond donors (Lipinski definition) is 2. The summed E-state index contributed by atoms with van der Waals surface area (Å²) < 4.78 is 27.9. The van der Waals surface area contributed by atoms with Gasteiger partial charge in [-0.25, -0.2) is 13.8 Å². The molecule has 3 aromatic rings. The molecule has 0 amide bonds. The normalized spacial score (nSPS) is 14.7. The molecule has 2 aromatic carbocycles. The van der Waals surface area contributed by atoms with Gasteiger partial charge in [0.1, 0.15) is 22.3 Å². The van der Waals surface area contributed by atoms with E-state index in [1.165, 1.54) is 6.07 Å². The van der Waals surface area contributed by atoms with Crippen LogP contribution in [0.3, 0.4) is 0 Å². The molecule has 0 bridgehead atoms. The lowest BCUT2D eigenvalue weighted by atomic mass is 10.1. The monoisotopic (exact) mass is 429 g/mol. The van der Waals surface area contributed by atoms with Gasteiger partial charge in [0.25, 0.3) is 0 Å². The van der Waals surface area contributed by atoms with Crippen LogP contribution in [-0.2, 0) is 0 Å². The standard InChI is InChI=1S/C21H21F2N5OS/c1-27-9-11-28(12-10-27)14-7-5-13(6-8-14)25-21-26-20(24)19(30-21)18(29)17-15(22)3-2-4-16(17)23/h2-8H,9-12,24H2,1H3,(H,25,26). The van der Waals surface area contributed by atoms with Gasteiger partial charge in [0.15, 0.2) is 5.13 Å². The molecule has 1 fully saturated rings. The van der Waals surface area contributed by atoms with E-state index in [1.54, 1.807) is 0 Å². The van der Waals surface area contributed by atoms with Gasteiger partial charge in [-0.05, 0) is 43.4 Å². The van der Waals surface area contributed by atoms with Gasteiger partial charge in [0.2, 0.25) is 5.78 Å². The van der Waals surface area contributed by atoms with Crippen LogP contribution < -0.4 is 16.0 Å². The molecule has 1 aliphatic heterocycles. The Bertz CT molecular complexity index is 1040. The number of anilines is 4. The van der Waals surface area contributed by atoms with Gasteiger partial charge in [-0.15, -0.1) is 0 Å². The Morgan fingerprint density at radius 3 is 2.33 bits per heavy atom. The average Bonchev–Trinajstić information content (AvgIpc) is 3.09. The lowest BCUT2D eigenvalue weighted by Gasteiger charge is -2.34. The van der Waals surface area contributed by atoms with Gasteiger partial charge in [-0.2, -0.15) is 0 Å². The molecule has 3 N–H and O–H groups in total. The Morgan fingerprint density at radius 2 is 1.70 bits per heavy atom. The average molecular weight is 429 g/mol. The zero-order valence-electron chi connectivity index (χ0n) is 16.4. The minimum Gasteiger partial charge on any atom is -0.382 e. The number of nitrogens with zero attached hydrogens (tertiary/aromatic N) is 3. The number of piperazine rings is 1. The summed E-state index contributed by atoms with van der Waals surface area (Å²) in [5.41, 5.74) is 7.13. The number of carbonyl (C=O) groups is 1. The largest absolute Gasteiger partial charge is 0.382 e. The first-order chi connectivity index (χ1) is 14.4. The van der Waals surface area contributed by atoms with Gasteiger partial charge in [0, 0.05) is 37.6 Å². The highest BCUT2D eigenvalue weighted by Gasteiger charge is 2.24. The van der Waals surface area contributed by atoms with Crippen molar-refractivity contribution in [1.82, 2.24) is 9.88 Å². The van der Waals surface area contributed by atoms with E-state index in [9.17, 15) is 13.6 Å². The highest BCUT2D eigenvalue weighted by molar-refractivity contribution is 7.18. The number of carbonyl (C=O) groups excluding carboxylic acids is 1. The summed E-state index contributed by atoms with van der Waals surface area (Å²) in [4.78, 5) is 21.3. The van der Waals surface area contributed by atoms with Gasteiger partial charge >= 0.3 is 0 Å². The van der Waals surface area contributed by atoms with E-state index in [2.05, 4.69) is 27.1 Å². The Labute approximate surface area is 176 Å². The number of nitrogen functional groups attached to an aromatic ring is 1. The number of halogens is 2. The van der Waals surface area contributed by atoms with Crippen LogP contribution >= 0.6 is 11.3 Å². The molecule has 0 spiro atoms. The fourth-order valence-corrected chi connectivity index (χ4v) is 4.17. The van der Waals surface area contributed by atoms with Crippen molar-refractivity contribution < 1.29 is 13.6 Å². The second-order valence-electron chi connectivity index (χ2n) is 7.12. The number of thiazole rings is 1. The topological polar surface area (TPSA) is 74.5 Å². The predicted octanol–water partition coefficient (Wildman–Crippen LogP) is 3.73. The lowest BCUT2D eigenvalue weighted by Crippen LogP contribution is -2.44. The minimum atomic E-state index is -0.929. The Morgan fingerprint density at radius 1 is 1.07 bits per heavy atom. The lowest BCUT2D eigenvalue weighted by molar-refractivity contribution is 0.103. The number of benzene rings is 2. The SMILES string of the molecule is CN1CCN(c2ccc(Nc3nc(N)c(C(=O)c4c(F)cccc4F)s3)cc2)CC1. The van der Waals surface area contributed by atoms with E-state index in [0.717, 1.165) is 61.0 Å². The van der Waals surface area contributed by atoms with Crippen molar-refractivity contribution in [2.24, 2.45) is 0 Å². The maximum absolute atomic E-state index is 13.9. The molecule has 0 aliphatic carbocycles. The van der Waals surface area contributed by atoms with E-state index in [4.69, 9.17) is 5.73 Å². The first kappa shape index (κ1) is 20.2. The van der Waals surface area contributed by atoms with Gasteiger partial charge in [-0.3, -0.25) is 4.79 Å². The molecule has 0 saturated carbocycles. The number of nitrogens with one attached hydrogen (secondary N) is 1. The third-order valence-electron chi connectivity index (χ3n) is 5.04. The van der Waals surface area contributed by atoms with Crippen molar-refractivity contribution in [3.8, 4) is 0 Å². The van der Waals surface area contributed by atoms with Crippen molar-refractivity contribution in [3.63, 3.8) is 0 Å². The molecule has 2 heterocycles. The summed E-state index contributed by atoms with van der Waals surface area (Å²) in [6.07, 6.45) is 0. The second kappa shape index (κ2) is 8.37. The molecule has 0 atom stereocenters. The zero-order valence-corrected chi connectivity index (χ0v) is 17.2. The molecule has 156 valence electrons. The number of nitrogens with two attached hydrogens (primary N) is 1. The minimum absolute atomic E-state index is 0.00411. The molecule has 30 heavy (non-hydrogen) atoms. The van der Waals surface area contributed by atoms with Gasteiger partial charge < -0.3 is 20.9 Å². The van der Waals surface area contributed by atoms with Crippen LogP contribution in [0.5, 0.6) is 0 Å². The summed E-state index contributed by atoms with van der Waals surface area (Å²) in [6.45, 7) is 4.00. The Balaban J connectivity index is 1.49. The van der Waals surface area contributed by atoms with E-state index in [-0.39, 0.29) is 10.7 Å². The first-order valence-electron chi connectivity index (χ1n) is 9.48. The molecular formula is C21H21F2N5OS. The van der Waals surface area contributed by atoms with Crippen LogP contribution in [0.1, 0.15) is 15.2 Å². The van der Waals surface area contributed by atoms with E-state index in [0.29, 0.717) is 5.13 Å². The molecular weight excluding hydrogens is 408 g/mol.